The van der Waals surface area contributed by atoms with E-state index in [2.05, 4.69) is 0 Å². The minimum Gasteiger partial charge on any atom is -0.503 e. The van der Waals surface area contributed by atoms with Crippen molar-refractivity contribution in [2.24, 2.45) is 0 Å². The van der Waals surface area contributed by atoms with Crippen LogP contribution in [0, 0.1) is 0 Å². The molecule has 2 N–H and O–H groups in total. The number of hydrogen-bond acceptors (Lipinski definition) is 4. The smallest absolute Gasteiger partial charge is 0.289 e. The van der Waals surface area contributed by atoms with Crippen LogP contribution in [0.5, 0.6) is 0 Å². The van der Waals surface area contributed by atoms with Gasteiger partial charge in [-0.15, -0.1) is 0 Å². The van der Waals surface area contributed by atoms with Crippen LogP contribution < -0.4 is 0 Å². The number of amides is 2. The molecule has 0 spiro atoms. The van der Waals surface area contributed by atoms with Gasteiger partial charge in [0.2, 0.25) is 0 Å². The maximum Gasteiger partial charge on any atom is 0.289 e. The van der Waals surface area contributed by atoms with Crippen LogP contribution in [0.4, 0.5) is 0 Å². The minimum atomic E-state index is -0.648. The summed E-state index contributed by atoms with van der Waals surface area (Å²) in [6.45, 7) is 0.0618. The van der Waals surface area contributed by atoms with Gasteiger partial charge in [-0.3, -0.25) is 9.59 Å². The third kappa shape index (κ3) is 3.77. The molecule has 0 saturated heterocycles. The standard InChI is InChI=1S/C15H16Cl2N2O4/c1-18(7-9-2-3-11(16)12(17)6-9)14(22)10-8-19(4-5-20)15(23)13(10)21/h2-3,6,20-21H,4-5,7-8H2,1H3. The lowest BCUT2D eigenvalue weighted by Crippen LogP contribution is -2.32. The Bertz CT molecular complexity index is 675. The van der Waals surface area contributed by atoms with Gasteiger partial charge in [-0.25, -0.2) is 0 Å². The molecule has 0 aliphatic carbocycles. The highest BCUT2D eigenvalue weighted by Crippen LogP contribution is 2.24. The zero-order valence-electron chi connectivity index (χ0n) is 12.4. The Hall–Kier alpha value is -1.76. The van der Waals surface area contributed by atoms with Crippen LogP contribution >= 0.6 is 23.2 Å². The van der Waals surface area contributed by atoms with Crippen LogP contribution in [-0.2, 0) is 16.1 Å². The van der Waals surface area contributed by atoms with E-state index in [1.807, 2.05) is 0 Å². The van der Waals surface area contributed by atoms with E-state index in [0.29, 0.717) is 10.0 Å². The average molecular weight is 359 g/mol. The molecule has 2 amide bonds. The highest BCUT2D eigenvalue weighted by Gasteiger charge is 2.34. The maximum absolute atomic E-state index is 12.4. The fourth-order valence-electron chi connectivity index (χ4n) is 2.30. The first-order valence-electron chi connectivity index (χ1n) is 6.86. The van der Waals surface area contributed by atoms with E-state index in [-0.39, 0.29) is 31.8 Å². The van der Waals surface area contributed by atoms with Gasteiger partial charge in [-0.2, -0.15) is 0 Å². The van der Waals surface area contributed by atoms with Crippen molar-refractivity contribution in [2.75, 3.05) is 26.7 Å². The molecule has 0 fully saturated rings. The van der Waals surface area contributed by atoms with Crippen LogP contribution in [0.25, 0.3) is 0 Å². The van der Waals surface area contributed by atoms with Crippen LogP contribution in [-0.4, -0.2) is 58.6 Å². The van der Waals surface area contributed by atoms with E-state index < -0.39 is 17.6 Å². The topological polar surface area (TPSA) is 81.1 Å². The van der Waals surface area contributed by atoms with Gasteiger partial charge in [0.1, 0.15) is 0 Å². The number of aliphatic hydroxyl groups excluding tert-OH is 2. The SMILES string of the molecule is CN(Cc1ccc(Cl)c(Cl)c1)C(=O)C1=C(O)C(=O)N(CCO)C1. The van der Waals surface area contributed by atoms with Gasteiger partial charge >= 0.3 is 0 Å². The molecule has 1 aliphatic rings. The first kappa shape index (κ1) is 17.6. The number of aliphatic hydroxyl groups is 2. The summed E-state index contributed by atoms with van der Waals surface area (Å²) in [5.41, 5.74) is 0.790. The number of carbonyl (C=O) groups is 2. The summed E-state index contributed by atoms with van der Waals surface area (Å²) in [6, 6.07) is 5.03. The number of benzene rings is 1. The Balaban J connectivity index is 2.10. The summed E-state index contributed by atoms with van der Waals surface area (Å²) in [5.74, 6) is -1.67. The maximum atomic E-state index is 12.4. The Morgan fingerprint density at radius 3 is 2.65 bits per heavy atom. The number of β-amino-alcohol motifs (C(OH)–C–C–N with tert-alkyl or cyclic N) is 1. The monoisotopic (exact) mass is 358 g/mol. The van der Waals surface area contributed by atoms with Gasteiger partial charge in [0.25, 0.3) is 11.8 Å². The number of likely N-dealkylation sites (N-methyl/N-ethyl adjacent to an activating group) is 1. The van der Waals surface area contributed by atoms with Crippen molar-refractivity contribution in [3.8, 4) is 0 Å². The summed E-state index contributed by atoms with van der Waals surface area (Å²) in [7, 11) is 1.56. The van der Waals surface area contributed by atoms with Gasteiger partial charge < -0.3 is 20.0 Å². The van der Waals surface area contributed by atoms with Crippen molar-refractivity contribution in [3.05, 3.63) is 45.1 Å². The number of rotatable bonds is 5. The first-order chi connectivity index (χ1) is 10.8. The molecule has 0 bridgehead atoms. The number of halogens is 2. The zero-order valence-corrected chi connectivity index (χ0v) is 13.9. The summed E-state index contributed by atoms with van der Waals surface area (Å²) < 4.78 is 0. The summed E-state index contributed by atoms with van der Waals surface area (Å²) in [5, 5.41) is 19.5. The molecule has 0 aromatic heterocycles. The number of carbonyl (C=O) groups excluding carboxylic acids is 2. The molecule has 1 aromatic rings. The lowest BCUT2D eigenvalue weighted by molar-refractivity contribution is -0.128. The molecule has 1 heterocycles. The summed E-state index contributed by atoms with van der Waals surface area (Å²) in [6.07, 6.45) is 0. The van der Waals surface area contributed by atoms with Crippen molar-refractivity contribution in [1.82, 2.24) is 9.80 Å². The highest BCUT2D eigenvalue weighted by molar-refractivity contribution is 6.42. The normalized spacial score (nSPS) is 14.6. The van der Waals surface area contributed by atoms with Gasteiger partial charge in [0.05, 0.1) is 28.8 Å². The Labute approximate surface area is 143 Å². The summed E-state index contributed by atoms with van der Waals surface area (Å²) in [4.78, 5) is 26.8. The zero-order chi connectivity index (χ0) is 17.1. The van der Waals surface area contributed by atoms with Crippen molar-refractivity contribution < 1.29 is 19.8 Å². The summed E-state index contributed by atoms with van der Waals surface area (Å²) >= 11 is 11.8. The van der Waals surface area contributed by atoms with E-state index in [4.69, 9.17) is 28.3 Å². The van der Waals surface area contributed by atoms with Crippen molar-refractivity contribution in [3.63, 3.8) is 0 Å². The van der Waals surface area contributed by atoms with Gasteiger partial charge in [0, 0.05) is 20.1 Å². The molecule has 0 saturated carbocycles. The first-order valence-corrected chi connectivity index (χ1v) is 7.62. The van der Waals surface area contributed by atoms with Crippen molar-refractivity contribution in [1.29, 1.82) is 0 Å². The van der Waals surface area contributed by atoms with Crippen LogP contribution in [0.15, 0.2) is 29.5 Å². The second kappa shape index (κ2) is 7.21. The molecular weight excluding hydrogens is 343 g/mol. The fourth-order valence-corrected chi connectivity index (χ4v) is 2.62. The highest BCUT2D eigenvalue weighted by atomic mass is 35.5. The third-order valence-corrected chi connectivity index (χ3v) is 4.24. The average Bonchev–Trinajstić information content (AvgIpc) is 2.79. The van der Waals surface area contributed by atoms with E-state index in [0.717, 1.165) is 5.56 Å². The third-order valence-electron chi connectivity index (χ3n) is 3.50. The molecular formula is C15H16Cl2N2O4. The molecule has 0 radical (unpaired) electrons. The van der Waals surface area contributed by atoms with Gasteiger partial charge in [-0.1, -0.05) is 29.3 Å². The Morgan fingerprint density at radius 1 is 1.35 bits per heavy atom. The van der Waals surface area contributed by atoms with E-state index in [1.165, 1.54) is 9.80 Å². The Kier molecular flexibility index (Phi) is 5.51. The molecule has 6 nitrogen and oxygen atoms in total. The molecule has 1 aromatic carbocycles. The molecule has 1 aliphatic heterocycles. The Morgan fingerprint density at radius 2 is 2.04 bits per heavy atom. The lowest BCUT2D eigenvalue weighted by Gasteiger charge is -2.19. The fraction of sp³-hybridized carbons (Fsp3) is 0.333. The van der Waals surface area contributed by atoms with E-state index >= 15 is 0 Å². The second-order valence-corrected chi connectivity index (χ2v) is 6.00. The van der Waals surface area contributed by atoms with E-state index in [1.54, 1.807) is 25.2 Å². The van der Waals surface area contributed by atoms with Gasteiger partial charge in [-0.05, 0) is 17.7 Å². The molecule has 124 valence electrons. The van der Waals surface area contributed by atoms with Crippen molar-refractivity contribution in [2.45, 2.75) is 6.54 Å². The van der Waals surface area contributed by atoms with E-state index in [9.17, 15) is 14.7 Å². The predicted molar refractivity (Wildman–Crippen MR) is 86.3 cm³/mol. The van der Waals surface area contributed by atoms with Gasteiger partial charge in [0.15, 0.2) is 5.76 Å². The van der Waals surface area contributed by atoms with Crippen LogP contribution in [0.3, 0.4) is 0 Å². The largest absolute Gasteiger partial charge is 0.503 e. The van der Waals surface area contributed by atoms with Crippen molar-refractivity contribution >= 4 is 35.0 Å². The molecule has 0 atom stereocenters. The van der Waals surface area contributed by atoms with Crippen LogP contribution in [0.2, 0.25) is 10.0 Å². The minimum absolute atomic E-state index is 0.0181. The predicted octanol–water partition coefficient (Wildman–Crippen LogP) is 1.60. The number of hydrogen-bond donors (Lipinski definition) is 2. The second-order valence-electron chi connectivity index (χ2n) is 5.19. The lowest BCUT2D eigenvalue weighted by atomic mass is 10.2. The quantitative estimate of drug-likeness (QED) is 0.837. The van der Waals surface area contributed by atoms with Crippen LogP contribution in [0.1, 0.15) is 5.56 Å². The molecule has 8 heteroatoms. The molecule has 2 rings (SSSR count). The molecule has 0 unspecified atom stereocenters. The number of nitrogens with zero attached hydrogens (tertiary/aromatic N) is 2. The molecule has 23 heavy (non-hydrogen) atoms.